The maximum Gasteiger partial charge on any atom is 0.329 e. The van der Waals surface area contributed by atoms with Crippen LogP contribution in [-0.4, -0.2) is 73.2 Å². The molecule has 3 fully saturated rings. The zero-order valence-electron chi connectivity index (χ0n) is 12.5. The Morgan fingerprint density at radius 3 is 2.76 bits per heavy atom. The van der Waals surface area contributed by atoms with Crippen LogP contribution in [0, 0.1) is 0 Å². The van der Waals surface area contributed by atoms with Gasteiger partial charge in [-0.2, -0.15) is 0 Å². The van der Waals surface area contributed by atoms with Crippen LogP contribution in [0.25, 0.3) is 0 Å². The molecule has 0 aromatic heterocycles. The lowest BCUT2D eigenvalue weighted by Crippen LogP contribution is -2.51. The van der Waals surface area contributed by atoms with Crippen LogP contribution in [0.1, 0.15) is 32.1 Å². The van der Waals surface area contributed by atoms with Crippen molar-refractivity contribution in [2.24, 2.45) is 0 Å². The molecule has 3 heterocycles. The minimum atomic E-state index is -0.884. The summed E-state index contributed by atoms with van der Waals surface area (Å²) in [7, 11) is 0. The van der Waals surface area contributed by atoms with Gasteiger partial charge in [0.25, 0.3) is 0 Å². The fourth-order valence-electron chi connectivity index (χ4n) is 3.77. The van der Waals surface area contributed by atoms with Crippen LogP contribution in [0.2, 0.25) is 0 Å². The maximum absolute atomic E-state index is 10.5. The Morgan fingerprint density at radius 2 is 2.10 bits per heavy atom. The molecule has 3 rings (SSSR count). The average molecular weight is 299 g/mol. The molecule has 0 amide bonds. The molecule has 0 saturated carbocycles. The summed E-state index contributed by atoms with van der Waals surface area (Å²) in [6, 6.07) is 0.570. The van der Waals surface area contributed by atoms with Crippen LogP contribution in [0.5, 0.6) is 0 Å². The molecule has 0 aliphatic carbocycles. The number of rotatable bonds is 4. The van der Waals surface area contributed by atoms with Gasteiger partial charge in [0.1, 0.15) is 6.61 Å². The second-order valence-electron chi connectivity index (χ2n) is 6.42. The number of carbonyl (C=O) groups is 1. The van der Waals surface area contributed by atoms with E-state index in [2.05, 4.69) is 4.90 Å². The third-order valence-corrected chi connectivity index (χ3v) is 4.97. The van der Waals surface area contributed by atoms with E-state index < -0.39 is 5.97 Å². The van der Waals surface area contributed by atoms with Gasteiger partial charge < -0.3 is 19.3 Å². The molecule has 6 nitrogen and oxygen atoms in total. The standard InChI is InChI=1S/C15H25NO5/c17-14(18)10-20-13-1-5-16(6-2-13)12-3-7-21-15(9-12)4-8-19-11-15/h12-13H,1-11H2,(H,17,18). The topological polar surface area (TPSA) is 68.2 Å². The maximum atomic E-state index is 10.5. The van der Waals surface area contributed by atoms with E-state index in [1.165, 1.54) is 0 Å². The molecule has 0 bridgehead atoms. The molecule has 120 valence electrons. The highest BCUT2D eigenvalue weighted by Gasteiger charge is 2.42. The molecule has 6 heteroatoms. The van der Waals surface area contributed by atoms with Gasteiger partial charge in [0, 0.05) is 38.8 Å². The normalized spacial score (nSPS) is 35.3. The lowest BCUT2D eigenvalue weighted by atomic mass is 9.88. The first-order valence-corrected chi connectivity index (χ1v) is 7.96. The van der Waals surface area contributed by atoms with Crippen LogP contribution < -0.4 is 0 Å². The molecule has 21 heavy (non-hydrogen) atoms. The molecular weight excluding hydrogens is 274 g/mol. The van der Waals surface area contributed by atoms with Crippen LogP contribution in [0.3, 0.4) is 0 Å². The molecule has 3 aliphatic rings. The number of aliphatic carboxylic acids is 1. The van der Waals surface area contributed by atoms with E-state index in [4.69, 9.17) is 19.3 Å². The highest BCUT2D eigenvalue weighted by atomic mass is 16.6. The van der Waals surface area contributed by atoms with E-state index in [9.17, 15) is 4.79 Å². The lowest BCUT2D eigenvalue weighted by molar-refractivity contribution is -0.146. The molecule has 2 unspecified atom stereocenters. The highest BCUT2D eigenvalue weighted by molar-refractivity contribution is 5.68. The van der Waals surface area contributed by atoms with Crippen molar-refractivity contribution in [3.63, 3.8) is 0 Å². The summed E-state index contributed by atoms with van der Waals surface area (Å²) in [6.45, 7) is 4.18. The van der Waals surface area contributed by atoms with Crippen molar-refractivity contribution in [3.8, 4) is 0 Å². The van der Waals surface area contributed by atoms with Crippen molar-refractivity contribution in [2.45, 2.75) is 49.9 Å². The number of hydrogen-bond acceptors (Lipinski definition) is 5. The lowest BCUT2D eigenvalue weighted by Gasteiger charge is -2.44. The summed E-state index contributed by atoms with van der Waals surface area (Å²) in [5.41, 5.74) is -0.0421. The number of likely N-dealkylation sites (tertiary alicyclic amines) is 1. The molecular formula is C15H25NO5. The number of carboxylic acids is 1. The first-order chi connectivity index (χ1) is 10.2. The van der Waals surface area contributed by atoms with E-state index in [0.717, 1.165) is 65.0 Å². The van der Waals surface area contributed by atoms with Crippen LogP contribution in [0.15, 0.2) is 0 Å². The third kappa shape index (κ3) is 3.74. The van der Waals surface area contributed by atoms with Crippen molar-refractivity contribution >= 4 is 5.97 Å². The fraction of sp³-hybridized carbons (Fsp3) is 0.933. The van der Waals surface area contributed by atoms with E-state index in [1.54, 1.807) is 0 Å². The largest absolute Gasteiger partial charge is 0.480 e. The van der Waals surface area contributed by atoms with Crippen molar-refractivity contribution < 1.29 is 24.1 Å². The van der Waals surface area contributed by atoms with Crippen LogP contribution in [-0.2, 0) is 19.0 Å². The summed E-state index contributed by atoms with van der Waals surface area (Å²) in [6.07, 6.45) is 5.11. The van der Waals surface area contributed by atoms with Crippen molar-refractivity contribution in [1.82, 2.24) is 4.90 Å². The second kappa shape index (κ2) is 6.60. The quantitative estimate of drug-likeness (QED) is 0.831. The van der Waals surface area contributed by atoms with Crippen molar-refractivity contribution in [2.75, 3.05) is 39.5 Å². The average Bonchev–Trinajstić information content (AvgIpc) is 2.93. The van der Waals surface area contributed by atoms with Gasteiger partial charge in [-0.05, 0) is 25.7 Å². The number of carboxylic acid groups (broad SMARTS) is 1. The summed E-state index contributed by atoms with van der Waals surface area (Å²) < 4.78 is 16.9. The first kappa shape index (κ1) is 15.2. The molecule has 1 spiro atoms. The molecule has 3 saturated heterocycles. The molecule has 0 aromatic rings. The summed E-state index contributed by atoms with van der Waals surface area (Å²) in [5, 5.41) is 8.66. The second-order valence-corrected chi connectivity index (χ2v) is 6.42. The van der Waals surface area contributed by atoms with E-state index >= 15 is 0 Å². The van der Waals surface area contributed by atoms with Crippen LogP contribution >= 0.6 is 0 Å². The van der Waals surface area contributed by atoms with Gasteiger partial charge in [-0.3, -0.25) is 4.90 Å². The van der Waals surface area contributed by atoms with Gasteiger partial charge >= 0.3 is 5.97 Å². The highest BCUT2D eigenvalue weighted by Crippen LogP contribution is 2.35. The van der Waals surface area contributed by atoms with Gasteiger partial charge in [-0.25, -0.2) is 4.79 Å². The smallest absolute Gasteiger partial charge is 0.329 e. The number of piperidine rings is 1. The Balaban J connectivity index is 1.46. The number of nitrogens with zero attached hydrogens (tertiary/aromatic N) is 1. The van der Waals surface area contributed by atoms with Gasteiger partial charge in [-0.15, -0.1) is 0 Å². The number of ether oxygens (including phenoxy) is 3. The predicted octanol–water partition coefficient (Wildman–Crippen LogP) is 0.890. The molecule has 0 aromatic carbocycles. The molecule has 3 aliphatic heterocycles. The minimum Gasteiger partial charge on any atom is -0.480 e. The molecule has 2 atom stereocenters. The first-order valence-electron chi connectivity index (χ1n) is 7.96. The van der Waals surface area contributed by atoms with Crippen molar-refractivity contribution in [3.05, 3.63) is 0 Å². The predicted molar refractivity (Wildman–Crippen MR) is 75.3 cm³/mol. The summed E-state index contributed by atoms with van der Waals surface area (Å²) >= 11 is 0. The van der Waals surface area contributed by atoms with E-state index in [-0.39, 0.29) is 18.3 Å². The number of hydrogen-bond donors (Lipinski definition) is 1. The van der Waals surface area contributed by atoms with Crippen LogP contribution in [0.4, 0.5) is 0 Å². The molecule has 1 N–H and O–H groups in total. The SMILES string of the molecule is O=C(O)COC1CCN(C2CCOC3(CCOC3)C2)CC1. The zero-order chi connectivity index (χ0) is 14.7. The molecule has 0 radical (unpaired) electrons. The third-order valence-electron chi connectivity index (χ3n) is 4.97. The Hall–Kier alpha value is -0.690. The van der Waals surface area contributed by atoms with Gasteiger partial charge in [0.2, 0.25) is 0 Å². The van der Waals surface area contributed by atoms with Crippen molar-refractivity contribution in [1.29, 1.82) is 0 Å². The van der Waals surface area contributed by atoms with Gasteiger partial charge in [0.05, 0.1) is 18.3 Å². The van der Waals surface area contributed by atoms with Gasteiger partial charge in [0.15, 0.2) is 0 Å². The van der Waals surface area contributed by atoms with E-state index in [1.807, 2.05) is 0 Å². The summed E-state index contributed by atoms with van der Waals surface area (Å²) in [5.74, 6) is -0.884. The Labute approximate surface area is 125 Å². The fourth-order valence-corrected chi connectivity index (χ4v) is 3.77. The Bertz CT molecular complexity index is 361. The minimum absolute atomic E-state index is 0.0421. The Morgan fingerprint density at radius 1 is 1.29 bits per heavy atom. The van der Waals surface area contributed by atoms with E-state index in [0.29, 0.717) is 6.04 Å². The Kier molecular flexibility index (Phi) is 4.78. The van der Waals surface area contributed by atoms with Gasteiger partial charge in [-0.1, -0.05) is 0 Å². The summed E-state index contributed by atoms with van der Waals surface area (Å²) in [4.78, 5) is 13.1. The zero-order valence-corrected chi connectivity index (χ0v) is 12.5. The monoisotopic (exact) mass is 299 g/mol.